The molecule has 0 unspecified atom stereocenters. The molecule has 0 saturated heterocycles. The maximum atomic E-state index is 12.6. The highest BCUT2D eigenvalue weighted by molar-refractivity contribution is 5.94. The lowest BCUT2D eigenvalue weighted by atomic mass is 10.1. The molecule has 5 heteroatoms. The number of aryl methyl sites for hydroxylation is 2. The molecule has 25 heavy (non-hydrogen) atoms. The van der Waals surface area contributed by atoms with Crippen LogP contribution in [0.2, 0.25) is 0 Å². The van der Waals surface area contributed by atoms with Crippen LogP contribution < -0.4 is 19.5 Å². The second-order valence-electron chi connectivity index (χ2n) is 5.90. The van der Waals surface area contributed by atoms with Crippen LogP contribution in [0.3, 0.4) is 0 Å². The summed E-state index contributed by atoms with van der Waals surface area (Å²) in [4.78, 5) is 12.6. The number of hydrogen-bond donors (Lipinski definition) is 1. The summed E-state index contributed by atoms with van der Waals surface area (Å²) >= 11 is 0. The van der Waals surface area contributed by atoms with Crippen molar-refractivity contribution in [3.8, 4) is 17.2 Å². The molecular weight excluding hydrogens is 318 g/mol. The van der Waals surface area contributed by atoms with Crippen LogP contribution in [-0.4, -0.2) is 26.2 Å². The largest absolute Gasteiger partial charge is 0.493 e. The first kappa shape index (κ1) is 18.6. The van der Waals surface area contributed by atoms with Crippen molar-refractivity contribution >= 4 is 11.6 Å². The van der Waals surface area contributed by atoms with Crippen molar-refractivity contribution in [1.82, 2.24) is 0 Å². The van der Waals surface area contributed by atoms with Crippen LogP contribution in [0.15, 0.2) is 36.4 Å². The van der Waals surface area contributed by atoms with Gasteiger partial charge in [0, 0.05) is 11.8 Å². The number of benzene rings is 2. The average molecular weight is 343 g/mol. The van der Waals surface area contributed by atoms with Crippen LogP contribution in [-0.2, 0) is 4.79 Å². The van der Waals surface area contributed by atoms with E-state index in [1.54, 1.807) is 32.4 Å². The minimum atomic E-state index is -0.575. The fourth-order valence-corrected chi connectivity index (χ4v) is 2.62. The van der Waals surface area contributed by atoms with Gasteiger partial charge in [-0.15, -0.1) is 0 Å². The Morgan fingerprint density at radius 3 is 2.20 bits per heavy atom. The van der Waals surface area contributed by atoms with Gasteiger partial charge in [0.1, 0.15) is 5.75 Å². The molecule has 0 fully saturated rings. The molecule has 0 heterocycles. The SMILES string of the molecule is CC[C@@H](Oc1cc(C)cc(C)c1)C(=O)Nc1ccc(OC)c(OC)c1. The summed E-state index contributed by atoms with van der Waals surface area (Å²) < 4.78 is 16.4. The van der Waals surface area contributed by atoms with E-state index in [0.29, 0.717) is 29.4 Å². The average Bonchev–Trinajstić information content (AvgIpc) is 2.58. The van der Waals surface area contributed by atoms with Gasteiger partial charge in [0.2, 0.25) is 0 Å². The van der Waals surface area contributed by atoms with Gasteiger partial charge in [0.15, 0.2) is 17.6 Å². The van der Waals surface area contributed by atoms with E-state index in [0.717, 1.165) is 11.1 Å². The predicted octanol–water partition coefficient (Wildman–Crippen LogP) is 4.12. The van der Waals surface area contributed by atoms with Gasteiger partial charge >= 0.3 is 0 Å². The van der Waals surface area contributed by atoms with Gasteiger partial charge in [-0.1, -0.05) is 13.0 Å². The number of rotatable bonds is 7. The Morgan fingerprint density at radius 1 is 1.00 bits per heavy atom. The standard InChI is InChI=1S/C20H25NO4/c1-6-17(25-16-10-13(2)9-14(3)11-16)20(22)21-15-7-8-18(23-4)19(12-15)24-5/h7-12,17H,6H2,1-5H3,(H,21,22)/t17-/m1/s1. The van der Waals surface area contributed by atoms with Crippen LogP contribution in [0.1, 0.15) is 24.5 Å². The van der Waals surface area contributed by atoms with Gasteiger partial charge in [-0.05, 0) is 55.7 Å². The van der Waals surface area contributed by atoms with Crippen molar-refractivity contribution < 1.29 is 19.0 Å². The van der Waals surface area contributed by atoms with E-state index in [4.69, 9.17) is 14.2 Å². The molecule has 2 aromatic carbocycles. The molecule has 0 spiro atoms. The van der Waals surface area contributed by atoms with Crippen molar-refractivity contribution in [2.45, 2.75) is 33.3 Å². The topological polar surface area (TPSA) is 56.8 Å². The zero-order valence-electron chi connectivity index (χ0n) is 15.4. The van der Waals surface area contributed by atoms with Gasteiger partial charge in [-0.2, -0.15) is 0 Å². The highest BCUT2D eigenvalue weighted by atomic mass is 16.5. The Labute approximate surface area is 148 Å². The van der Waals surface area contributed by atoms with Crippen molar-refractivity contribution in [3.05, 3.63) is 47.5 Å². The van der Waals surface area contributed by atoms with Crippen LogP contribution in [0.25, 0.3) is 0 Å². The maximum Gasteiger partial charge on any atom is 0.265 e. The van der Waals surface area contributed by atoms with E-state index in [1.807, 2.05) is 32.9 Å². The van der Waals surface area contributed by atoms with E-state index in [2.05, 4.69) is 11.4 Å². The number of amides is 1. The van der Waals surface area contributed by atoms with Gasteiger partial charge in [-0.3, -0.25) is 4.79 Å². The molecule has 0 saturated carbocycles. The quantitative estimate of drug-likeness (QED) is 0.822. The third-order valence-corrected chi connectivity index (χ3v) is 3.79. The molecule has 2 aromatic rings. The second-order valence-corrected chi connectivity index (χ2v) is 5.90. The summed E-state index contributed by atoms with van der Waals surface area (Å²) in [5, 5.41) is 2.87. The normalized spacial score (nSPS) is 11.6. The Morgan fingerprint density at radius 2 is 1.64 bits per heavy atom. The third-order valence-electron chi connectivity index (χ3n) is 3.79. The first-order valence-corrected chi connectivity index (χ1v) is 8.24. The molecule has 2 rings (SSSR count). The lowest BCUT2D eigenvalue weighted by Gasteiger charge is -2.18. The number of carbonyl (C=O) groups is 1. The number of anilines is 1. The molecule has 134 valence electrons. The fraction of sp³-hybridized carbons (Fsp3) is 0.350. The number of ether oxygens (including phenoxy) is 3. The predicted molar refractivity (Wildman–Crippen MR) is 98.8 cm³/mol. The van der Waals surface area contributed by atoms with Crippen LogP contribution in [0.5, 0.6) is 17.2 Å². The molecule has 0 aromatic heterocycles. The molecule has 0 radical (unpaired) electrons. The molecule has 0 aliphatic heterocycles. The molecular formula is C20H25NO4. The molecule has 1 amide bonds. The summed E-state index contributed by atoms with van der Waals surface area (Å²) in [6, 6.07) is 11.2. The third kappa shape index (κ3) is 4.89. The van der Waals surface area contributed by atoms with Crippen molar-refractivity contribution in [1.29, 1.82) is 0 Å². The first-order chi connectivity index (χ1) is 12.0. The van der Waals surface area contributed by atoms with Gasteiger partial charge in [-0.25, -0.2) is 0 Å². The Kier molecular flexibility index (Phi) is 6.28. The van der Waals surface area contributed by atoms with E-state index >= 15 is 0 Å². The van der Waals surface area contributed by atoms with Gasteiger partial charge in [0.05, 0.1) is 14.2 Å². The molecule has 0 aliphatic carbocycles. The van der Waals surface area contributed by atoms with E-state index < -0.39 is 6.10 Å². The molecule has 1 N–H and O–H groups in total. The van der Waals surface area contributed by atoms with Crippen LogP contribution >= 0.6 is 0 Å². The second kappa shape index (κ2) is 8.42. The van der Waals surface area contributed by atoms with E-state index in [-0.39, 0.29) is 5.91 Å². The number of nitrogens with one attached hydrogen (secondary N) is 1. The zero-order valence-corrected chi connectivity index (χ0v) is 15.4. The molecule has 0 aliphatic rings. The summed E-state index contributed by atoms with van der Waals surface area (Å²) in [7, 11) is 3.13. The number of methoxy groups -OCH3 is 2. The summed E-state index contributed by atoms with van der Waals surface area (Å²) in [6.07, 6.45) is -0.0131. The monoisotopic (exact) mass is 343 g/mol. The van der Waals surface area contributed by atoms with E-state index in [1.165, 1.54) is 0 Å². The maximum absolute atomic E-state index is 12.6. The van der Waals surface area contributed by atoms with Crippen molar-refractivity contribution in [2.24, 2.45) is 0 Å². The van der Waals surface area contributed by atoms with Crippen molar-refractivity contribution in [3.63, 3.8) is 0 Å². The zero-order chi connectivity index (χ0) is 18.4. The number of carbonyl (C=O) groups excluding carboxylic acids is 1. The van der Waals surface area contributed by atoms with Crippen LogP contribution in [0.4, 0.5) is 5.69 Å². The minimum absolute atomic E-state index is 0.200. The molecule has 1 atom stereocenters. The van der Waals surface area contributed by atoms with Gasteiger partial charge in [0.25, 0.3) is 5.91 Å². The Bertz CT molecular complexity index is 722. The van der Waals surface area contributed by atoms with Crippen molar-refractivity contribution in [2.75, 3.05) is 19.5 Å². The lowest BCUT2D eigenvalue weighted by Crippen LogP contribution is -2.32. The van der Waals surface area contributed by atoms with Crippen LogP contribution in [0, 0.1) is 13.8 Å². The number of hydrogen-bond acceptors (Lipinski definition) is 4. The Hall–Kier alpha value is -2.69. The molecule has 5 nitrogen and oxygen atoms in total. The summed E-state index contributed by atoms with van der Waals surface area (Å²) in [5.41, 5.74) is 2.83. The Balaban J connectivity index is 2.11. The highest BCUT2D eigenvalue weighted by Crippen LogP contribution is 2.30. The van der Waals surface area contributed by atoms with E-state index in [9.17, 15) is 4.79 Å². The lowest BCUT2D eigenvalue weighted by molar-refractivity contribution is -0.122. The summed E-state index contributed by atoms with van der Waals surface area (Å²) in [5.74, 6) is 1.67. The first-order valence-electron chi connectivity index (χ1n) is 8.24. The molecule has 0 bridgehead atoms. The summed E-state index contributed by atoms with van der Waals surface area (Å²) in [6.45, 7) is 5.93. The van der Waals surface area contributed by atoms with Gasteiger partial charge < -0.3 is 19.5 Å². The smallest absolute Gasteiger partial charge is 0.265 e. The highest BCUT2D eigenvalue weighted by Gasteiger charge is 2.19. The minimum Gasteiger partial charge on any atom is -0.493 e. The fourth-order valence-electron chi connectivity index (χ4n) is 2.62.